The molecule has 0 unspecified atom stereocenters. The van der Waals surface area contributed by atoms with E-state index >= 15 is 0 Å². The Kier molecular flexibility index (Phi) is 4.53. The van der Waals surface area contributed by atoms with Crippen LogP contribution in [0.25, 0.3) is 0 Å². The fraction of sp³-hybridized carbons (Fsp3) is 0.263. The van der Waals surface area contributed by atoms with Crippen LogP contribution in [0.15, 0.2) is 60.7 Å². The Balaban J connectivity index is 1.68. The third-order valence-electron chi connectivity index (χ3n) is 4.21. The largest absolute Gasteiger partial charge is 0.290 e. The van der Waals surface area contributed by atoms with Crippen molar-refractivity contribution in [1.82, 2.24) is 9.80 Å². The number of hydrogen-bond donors (Lipinski definition) is 0. The highest BCUT2D eigenvalue weighted by atomic mass is 16.2. The molecule has 0 bridgehead atoms. The van der Waals surface area contributed by atoms with E-state index in [1.807, 2.05) is 72.6 Å². The van der Waals surface area contributed by atoms with Crippen LogP contribution in [-0.2, 0) is 22.7 Å². The van der Waals surface area contributed by atoms with E-state index in [0.717, 1.165) is 11.1 Å². The number of imide groups is 1. The molecule has 118 valence electrons. The number of nitrogens with zero attached hydrogens (tertiary/aromatic N) is 2. The lowest BCUT2D eigenvalue weighted by molar-refractivity contribution is -0.140. The van der Waals surface area contributed by atoms with Gasteiger partial charge in [-0.25, -0.2) is 0 Å². The van der Waals surface area contributed by atoms with Crippen molar-refractivity contribution in [3.8, 4) is 0 Å². The number of carbonyl (C=O) groups is 2. The maximum atomic E-state index is 12.6. The lowest BCUT2D eigenvalue weighted by atomic mass is 10.1. The summed E-state index contributed by atoms with van der Waals surface area (Å²) in [5.41, 5.74) is 2.11. The molecule has 1 aliphatic heterocycles. The van der Waals surface area contributed by atoms with E-state index in [4.69, 9.17) is 0 Å². The van der Waals surface area contributed by atoms with Gasteiger partial charge < -0.3 is 0 Å². The molecule has 4 nitrogen and oxygen atoms in total. The zero-order chi connectivity index (χ0) is 16.2. The highest BCUT2D eigenvalue weighted by molar-refractivity contribution is 6.05. The number of likely N-dealkylation sites (N-methyl/N-ethyl adjacent to an activating group) is 1. The van der Waals surface area contributed by atoms with Gasteiger partial charge in [-0.2, -0.15) is 0 Å². The third-order valence-corrected chi connectivity index (χ3v) is 4.21. The molecule has 0 saturated carbocycles. The first-order valence-corrected chi connectivity index (χ1v) is 7.77. The van der Waals surface area contributed by atoms with Gasteiger partial charge in [0.1, 0.15) is 0 Å². The van der Waals surface area contributed by atoms with Gasteiger partial charge >= 0.3 is 0 Å². The van der Waals surface area contributed by atoms with Gasteiger partial charge in [0.05, 0.1) is 19.0 Å². The predicted molar refractivity (Wildman–Crippen MR) is 88.3 cm³/mol. The van der Waals surface area contributed by atoms with Gasteiger partial charge in [0.15, 0.2) is 0 Å². The van der Waals surface area contributed by atoms with E-state index < -0.39 is 0 Å². The molecule has 23 heavy (non-hydrogen) atoms. The van der Waals surface area contributed by atoms with Crippen molar-refractivity contribution in [2.24, 2.45) is 0 Å². The van der Waals surface area contributed by atoms with Crippen molar-refractivity contribution in [2.75, 3.05) is 7.05 Å². The monoisotopic (exact) mass is 308 g/mol. The Bertz CT molecular complexity index is 685. The van der Waals surface area contributed by atoms with Crippen molar-refractivity contribution in [3.63, 3.8) is 0 Å². The summed E-state index contributed by atoms with van der Waals surface area (Å²) in [7, 11) is 1.90. The van der Waals surface area contributed by atoms with Crippen LogP contribution in [-0.4, -0.2) is 34.7 Å². The Morgan fingerprint density at radius 1 is 0.957 bits per heavy atom. The Hall–Kier alpha value is -2.46. The number of amides is 2. The highest BCUT2D eigenvalue weighted by Gasteiger charge is 2.40. The molecule has 1 aliphatic rings. The second-order valence-corrected chi connectivity index (χ2v) is 5.92. The van der Waals surface area contributed by atoms with Gasteiger partial charge in [0.25, 0.3) is 0 Å². The van der Waals surface area contributed by atoms with Crippen molar-refractivity contribution < 1.29 is 9.59 Å². The summed E-state index contributed by atoms with van der Waals surface area (Å²) in [6.07, 6.45) is 0.259. The smallest absolute Gasteiger partial charge is 0.247 e. The number of likely N-dealkylation sites (tertiary alicyclic amines) is 1. The zero-order valence-corrected chi connectivity index (χ0v) is 13.2. The molecule has 0 aromatic heterocycles. The van der Waals surface area contributed by atoms with E-state index in [2.05, 4.69) is 0 Å². The normalized spacial score (nSPS) is 18.0. The minimum absolute atomic E-state index is 0.0937. The average Bonchev–Trinajstić information content (AvgIpc) is 2.85. The van der Waals surface area contributed by atoms with Gasteiger partial charge in [-0.3, -0.25) is 19.4 Å². The standard InChI is InChI=1S/C19H20N2O2/c1-20(13-15-8-4-2-5-9-15)17-12-18(22)21(19(17)23)14-16-10-6-3-7-11-16/h2-11,17H,12-14H2,1H3/t17-/m0/s1. The second kappa shape index (κ2) is 6.75. The molecule has 1 saturated heterocycles. The summed E-state index contributed by atoms with van der Waals surface area (Å²) in [5, 5.41) is 0. The molecule has 1 heterocycles. The highest BCUT2D eigenvalue weighted by Crippen LogP contribution is 2.21. The van der Waals surface area contributed by atoms with E-state index in [1.165, 1.54) is 4.90 Å². The first-order chi connectivity index (χ1) is 11.1. The molecule has 1 atom stereocenters. The molecular weight excluding hydrogens is 288 g/mol. The van der Waals surface area contributed by atoms with Gasteiger partial charge in [-0.05, 0) is 18.2 Å². The van der Waals surface area contributed by atoms with Crippen molar-refractivity contribution >= 4 is 11.8 Å². The Morgan fingerprint density at radius 2 is 1.52 bits per heavy atom. The number of rotatable bonds is 5. The average molecular weight is 308 g/mol. The first-order valence-electron chi connectivity index (χ1n) is 7.77. The van der Waals surface area contributed by atoms with Gasteiger partial charge in [-0.1, -0.05) is 60.7 Å². The van der Waals surface area contributed by atoms with Crippen molar-refractivity contribution in [1.29, 1.82) is 0 Å². The molecule has 2 amide bonds. The Morgan fingerprint density at radius 3 is 2.13 bits per heavy atom. The fourth-order valence-corrected chi connectivity index (χ4v) is 2.92. The Labute approximate surface area is 136 Å². The van der Waals surface area contributed by atoms with Crippen LogP contribution in [0, 0.1) is 0 Å². The number of hydrogen-bond acceptors (Lipinski definition) is 3. The van der Waals surface area contributed by atoms with Crippen molar-refractivity contribution in [3.05, 3.63) is 71.8 Å². The predicted octanol–water partition coefficient (Wildman–Crippen LogP) is 2.45. The molecule has 0 radical (unpaired) electrons. The van der Waals surface area contributed by atoms with Crippen LogP contribution >= 0.6 is 0 Å². The van der Waals surface area contributed by atoms with E-state index in [9.17, 15) is 9.59 Å². The minimum atomic E-state index is -0.369. The summed E-state index contributed by atoms with van der Waals surface area (Å²) < 4.78 is 0. The molecule has 0 spiro atoms. The lowest BCUT2D eigenvalue weighted by Gasteiger charge is -2.23. The van der Waals surface area contributed by atoms with Crippen LogP contribution in [0.1, 0.15) is 17.5 Å². The van der Waals surface area contributed by atoms with Crippen LogP contribution in [0.3, 0.4) is 0 Å². The van der Waals surface area contributed by atoms with Crippen molar-refractivity contribution in [2.45, 2.75) is 25.6 Å². The SMILES string of the molecule is CN(Cc1ccccc1)[C@H]1CC(=O)N(Cc2ccccc2)C1=O. The van der Waals surface area contributed by atoms with E-state index in [-0.39, 0.29) is 24.3 Å². The third kappa shape index (κ3) is 3.48. The molecule has 1 fully saturated rings. The topological polar surface area (TPSA) is 40.6 Å². The van der Waals surface area contributed by atoms with Gasteiger partial charge in [0.2, 0.25) is 11.8 Å². The van der Waals surface area contributed by atoms with Crippen LogP contribution in [0.5, 0.6) is 0 Å². The second-order valence-electron chi connectivity index (χ2n) is 5.92. The fourth-order valence-electron chi connectivity index (χ4n) is 2.92. The molecule has 2 aromatic carbocycles. The summed E-state index contributed by atoms with van der Waals surface area (Å²) in [6, 6.07) is 19.2. The summed E-state index contributed by atoms with van der Waals surface area (Å²) in [5.74, 6) is -0.193. The quantitative estimate of drug-likeness (QED) is 0.797. The van der Waals surface area contributed by atoms with Crippen LogP contribution < -0.4 is 0 Å². The van der Waals surface area contributed by atoms with E-state index in [1.54, 1.807) is 0 Å². The first kappa shape index (κ1) is 15.4. The molecule has 0 aliphatic carbocycles. The number of carbonyl (C=O) groups excluding carboxylic acids is 2. The molecule has 3 rings (SSSR count). The minimum Gasteiger partial charge on any atom is -0.290 e. The van der Waals surface area contributed by atoms with Gasteiger partial charge in [0, 0.05) is 6.54 Å². The van der Waals surface area contributed by atoms with Crippen LogP contribution in [0.2, 0.25) is 0 Å². The maximum Gasteiger partial charge on any atom is 0.247 e. The summed E-state index contributed by atoms with van der Waals surface area (Å²) in [4.78, 5) is 28.2. The molecule has 0 N–H and O–H groups in total. The molecule has 4 heteroatoms. The maximum absolute atomic E-state index is 12.6. The molecular formula is C19H20N2O2. The lowest BCUT2D eigenvalue weighted by Crippen LogP contribution is -2.39. The zero-order valence-electron chi connectivity index (χ0n) is 13.2. The summed E-state index contributed by atoms with van der Waals surface area (Å²) in [6.45, 7) is 1.01. The van der Waals surface area contributed by atoms with E-state index in [0.29, 0.717) is 13.1 Å². The molecule has 2 aromatic rings. The van der Waals surface area contributed by atoms with Crippen LogP contribution in [0.4, 0.5) is 0 Å². The van der Waals surface area contributed by atoms with Gasteiger partial charge in [-0.15, -0.1) is 0 Å². The summed E-state index contributed by atoms with van der Waals surface area (Å²) >= 11 is 0. The number of benzene rings is 2.